The van der Waals surface area contributed by atoms with Crippen molar-refractivity contribution in [1.82, 2.24) is 0 Å². The Balaban J connectivity index is 2.95. The van der Waals surface area contributed by atoms with Crippen LogP contribution in [-0.2, 0) is 0 Å². The zero-order valence-corrected chi connectivity index (χ0v) is 8.79. The van der Waals surface area contributed by atoms with E-state index in [9.17, 15) is 4.79 Å². The maximum absolute atomic E-state index is 12.0. The van der Waals surface area contributed by atoms with Crippen LogP contribution in [0.25, 0.3) is 0 Å². The summed E-state index contributed by atoms with van der Waals surface area (Å²) in [5.41, 5.74) is 6.04. The summed E-state index contributed by atoms with van der Waals surface area (Å²) < 4.78 is 0. The smallest absolute Gasteiger partial charge is 0.182 e. The number of nitrogens with two attached hydrogens (primary N) is 1. The van der Waals surface area contributed by atoms with Crippen molar-refractivity contribution in [1.29, 1.82) is 0 Å². The lowest BCUT2D eigenvalue weighted by Gasteiger charge is -2.24. The zero-order valence-electron chi connectivity index (χ0n) is 8.79. The molecule has 0 aliphatic rings. The number of Topliss-reactive ketones (excluding diaryl/α,β-unsaturated/α-hetero) is 1. The second-order valence-electron chi connectivity index (χ2n) is 3.56. The zero-order chi connectivity index (χ0) is 10.6. The molecule has 1 aromatic carbocycles. The molecule has 0 saturated carbocycles. The van der Waals surface area contributed by atoms with Gasteiger partial charge in [-0.1, -0.05) is 44.2 Å². The second-order valence-corrected chi connectivity index (χ2v) is 3.56. The summed E-state index contributed by atoms with van der Waals surface area (Å²) in [7, 11) is 0. The Bertz CT molecular complexity index is 301. The molecule has 0 amide bonds. The fourth-order valence-electron chi connectivity index (χ4n) is 1.45. The van der Waals surface area contributed by atoms with Crippen LogP contribution in [0.1, 0.15) is 37.0 Å². The van der Waals surface area contributed by atoms with Crippen molar-refractivity contribution >= 4 is 5.78 Å². The van der Waals surface area contributed by atoms with Gasteiger partial charge in [-0.3, -0.25) is 4.79 Å². The molecule has 0 heterocycles. The van der Waals surface area contributed by atoms with Crippen molar-refractivity contribution in [3.05, 3.63) is 35.9 Å². The monoisotopic (exact) mass is 191 g/mol. The molecular weight excluding hydrogens is 174 g/mol. The van der Waals surface area contributed by atoms with E-state index in [1.807, 2.05) is 44.2 Å². The van der Waals surface area contributed by atoms with Crippen LogP contribution in [0.3, 0.4) is 0 Å². The number of carbonyl (C=O) groups is 1. The topological polar surface area (TPSA) is 43.1 Å². The molecule has 1 rings (SSSR count). The van der Waals surface area contributed by atoms with Crippen LogP contribution in [0, 0.1) is 0 Å². The van der Waals surface area contributed by atoms with E-state index in [-0.39, 0.29) is 5.78 Å². The van der Waals surface area contributed by atoms with Gasteiger partial charge in [0.05, 0.1) is 5.54 Å². The fourth-order valence-corrected chi connectivity index (χ4v) is 1.45. The summed E-state index contributed by atoms with van der Waals surface area (Å²) in [5.74, 6) is 0.0445. The molecule has 0 spiro atoms. The van der Waals surface area contributed by atoms with E-state index in [0.29, 0.717) is 18.4 Å². The van der Waals surface area contributed by atoms with Crippen LogP contribution in [0.4, 0.5) is 0 Å². The van der Waals surface area contributed by atoms with E-state index in [2.05, 4.69) is 0 Å². The van der Waals surface area contributed by atoms with E-state index in [1.165, 1.54) is 0 Å². The van der Waals surface area contributed by atoms with Crippen molar-refractivity contribution in [3.63, 3.8) is 0 Å². The Morgan fingerprint density at radius 2 is 1.71 bits per heavy atom. The summed E-state index contributed by atoms with van der Waals surface area (Å²) in [6, 6.07) is 9.25. The molecule has 0 aromatic heterocycles. The number of rotatable bonds is 4. The second kappa shape index (κ2) is 4.38. The van der Waals surface area contributed by atoms with Gasteiger partial charge in [-0.2, -0.15) is 0 Å². The average Bonchev–Trinajstić information content (AvgIpc) is 2.28. The lowest BCUT2D eigenvalue weighted by atomic mass is 9.85. The Morgan fingerprint density at radius 3 is 2.14 bits per heavy atom. The van der Waals surface area contributed by atoms with Gasteiger partial charge in [-0.25, -0.2) is 0 Å². The predicted octanol–water partition coefficient (Wildman–Crippen LogP) is 2.39. The lowest BCUT2D eigenvalue weighted by molar-refractivity contribution is 0.0879. The molecule has 0 atom stereocenters. The normalized spacial score (nSPS) is 11.4. The molecule has 0 saturated heterocycles. The molecule has 0 aliphatic heterocycles. The fraction of sp³-hybridized carbons (Fsp3) is 0.417. The van der Waals surface area contributed by atoms with Crippen LogP contribution in [0.15, 0.2) is 30.3 Å². The SMILES string of the molecule is CCC(N)(CC)C(=O)c1ccccc1. The molecule has 1 aromatic rings. The average molecular weight is 191 g/mol. The van der Waals surface area contributed by atoms with Gasteiger partial charge in [0.25, 0.3) is 0 Å². The number of benzene rings is 1. The predicted molar refractivity (Wildman–Crippen MR) is 58.3 cm³/mol. The van der Waals surface area contributed by atoms with Crippen LogP contribution >= 0.6 is 0 Å². The minimum Gasteiger partial charge on any atom is -0.319 e. The van der Waals surface area contributed by atoms with Crippen LogP contribution < -0.4 is 5.73 Å². The van der Waals surface area contributed by atoms with Crippen molar-refractivity contribution in [2.75, 3.05) is 0 Å². The molecular formula is C12H17NO. The Labute approximate surface area is 85.1 Å². The maximum atomic E-state index is 12.0. The summed E-state index contributed by atoms with van der Waals surface area (Å²) >= 11 is 0. The largest absolute Gasteiger partial charge is 0.319 e. The van der Waals surface area contributed by atoms with Gasteiger partial charge in [-0.15, -0.1) is 0 Å². The maximum Gasteiger partial charge on any atom is 0.182 e. The minimum absolute atomic E-state index is 0.0445. The summed E-state index contributed by atoms with van der Waals surface area (Å²) in [5, 5.41) is 0. The highest BCUT2D eigenvalue weighted by Crippen LogP contribution is 2.17. The van der Waals surface area contributed by atoms with Crippen LogP contribution in [0.5, 0.6) is 0 Å². The Hall–Kier alpha value is -1.15. The van der Waals surface area contributed by atoms with Gasteiger partial charge in [0.2, 0.25) is 0 Å². The third-order valence-electron chi connectivity index (χ3n) is 2.75. The van der Waals surface area contributed by atoms with Crippen molar-refractivity contribution in [2.24, 2.45) is 5.73 Å². The molecule has 76 valence electrons. The molecule has 0 bridgehead atoms. The number of ketones is 1. The van der Waals surface area contributed by atoms with Crippen molar-refractivity contribution in [3.8, 4) is 0 Å². The van der Waals surface area contributed by atoms with Gasteiger partial charge in [0.15, 0.2) is 5.78 Å². The standard InChI is InChI=1S/C12H17NO/c1-3-12(13,4-2)11(14)10-8-6-5-7-9-10/h5-9H,3-4,13H2,1-2H3. The van der Waals surface area contributed by atoms with Gasteiger partial charge < -0.3 is 5.73 Å². The van der Waals surface area contributed by atoms with Crippen LogP contribution in [0.2, 0.25) is 0 Å². The quantitative estimate of drug-likeness (QED) is 0.742. The molecule has 2 heteroatoms. The highest BCUT2D eigenvalue weighted by Gasteiger charge is 2.30. The lowest BCUT2D eigenvalue weighted by Crippen LogP contribution is -2.46. The molecule has 0 fully saturated rings. The first-order valence-corrected chi connectivity index (χ1v) is 5.02. The van der Waals surface area contributed by atoms with Gasteiger partial charge in [0, 0.05) is 5.56 Å². The summed E-state index contributed by atoms with van der Waals surface area (Å²) in [6.07, 6.45) is 1.36. The minimum atomic E-state index is -0.693. The molecule has 2 N–H and O–H groups in total. The van der Waals surface area contributed by atoms with Crippen molar-refractivity contribution < 1.29 is 4.79 Å². The first kappa shape index (κ1) is 10.9. The number of carbonyl (C=O) groups excluding carboxylic acids is 1. The van der Waals surface area contributed by atoms with Gasteiger partial charge in [0.1, 0.15) is 0 Å². The molecule has 14 heavy (non-hydrogen) atoms. The van der Waals surface area contributed by atoms with E-state index >= 15 is 0 Å². The summed E-state index contributed by atoms with van der Waals surface area (Å²) in [4.78, 5) is 12.0. The van der Waals surface area contributed by atoms with Crippen LogP contribution in [-0.4, -0.2) is 11.3 Å². The summed E-state index contributed by atoms with van der Waals surface area (Å²) in [6.45, 7) is 3.90. The first-order chi connectivity index (χ1) is 6.64. The first-order valence-electron chi connectivity index (χ1n) is 5.02. The van der Waals surface area contributed by atoms with Crippen molar-refractivity contribution in [2.45, 2.75) is 32.2 Å². The van der Waals surface area contributed by atoms with E-state index in [4.69, 9.17) is 5.73 Å². The molecule has 2 nitrogen and oxygen atoms in total. The molecule has 0 radical (unpaired) electrons. The highest BCUT2D eigenvalue weighted by molar-refractivity contribution is 6.02. The molecule has 0 unspecified atom stereocenters. The van der Waals surface area contributed by atoms with E-state index in [1.54, 1.807) is 0 Å². The third-order valence-corrected chi connectivity index (χ3v) is 2.75. The number of hydrogen-bond acceptors (Lipinski definition) is 2. The van der Waals surface area contributed by atoms with E-state index in [0.717, 1.165) is 0 Å². The van der Waals surface area contributed by atoms with E-state index < -0.39 is 5.54 Å². The third kappa shape index (κ3) is 2.02. The van der Waals surface area contributed by atoms with Gasteiger partial charge >= 0.3 is 0 Å². The van der Waals surface area contributed by atoms with Gasteiger partial charge in [-0.05, 0) is 12.8 Å². The number of hydrogen-bond donors (Lipinski definition) is 1. The Morgan fingerprint density at radius 1 is 1.21 bits per heavy atom. The Kier molecular flexibility index (Phi) is 3.42. The highest BCUT2D eigenvalue weighted by atomic mass is 16.1. The molecule has 0 aliphatic carbocycles.